The number of hydrogen-bond acceptors (Lipinski definition) is 7. The van der Waals surface area contributed by atoms with Crippen LogP contribution in [0.3, 0.4) is 0 Å². The van der Waals surface area contributed by atoms with Gasteiger partial charge in [-0.2, -0.15) is 0 Å². The highest BCUT2D eigenvalue weighted by molar-refractivity contribution is 8.76. The van der Waals surface area contributed by atoms with E-state index >= 15 is 0 Å². The molecule has 0 saturated carbocycles. The van der Waals surface area contributed by atoms with E-state index in [1.807, 2.05) is 0 Å². The highest BCUT2D eigenvalue weighted by atomic mass is 33.1. The van der Waals surface area contributed by atoms with E-state index in [2.05, 4.69) is 10.6 Å². The Bertz CT molecular complexity index is 386. The lowest BCUT2D eigenvalue weighted by atomic mass is 10.2. The predicted octanol–water partition coefficient (Wildman–Crippen LogP) is -0.556. The molecule has 0 fully saturated rings. The van der Waals surface area contributed by atoms with Crippen LogP contribution in [0.2, 0.25) is 0 Å². The molecule has 10 heteroatoms. The van der Waals surface area contributed by atoms with Crippen LogP contribution < -0.4 is 16.4 Å². The molecular formula is C14H28N4O4S2. The summed E-state index contributed by atoms with van der Waals surface area (Å²) in [6, 6.07) is 0. The van der Waals surface area contributed by atoms with Crippen LogP contribution in [0.5, 0.6) is 0 Å². The van der Waals surface area contributed by atoms with Crippen LogP contribution in [0.25, 0.3) is 0 Å². The van der Waals surface area contributed by atoms with Gasteiger partial charge in [0.05, 0.1) is 13.2 Å². The van der Waals surface area contributed by atoms with Gasteiger partial charge in [0.25, 0.3) is 0 Å². The minimum absolute atomic E-state index is 0.0286. The van der Waals surface area contributed by atoms with E-state index in [0.717, 1.165) is 11.5 Å². The van der Waals surface area contributed by atoms with Gasteiger partial charge >= 0.3 is 0 Å². The Morgan fingerprint density at radius 2 is 1.71 bits per heavy atom. The van der Waals surface area contributed by atoms with E-state index in [0.29, 0.717) is 26.2 Å². The number of nitrogens with zero attached hydrogens (tertiary/aromatic N) is 1. The minimum atomic E-state index is -0.251. The Morgan fingerprint density at radius 3 is 2.38 bits per heavy atom. The van der Waals surface area contributed by atoms with Crippen molar-refractivity contribution in [2.24, 2.45) is 5.73 Å². The largest absolute Gasteiger partial charge is 0.383 e. The van der Waals surface area contributed by atoms with E-state index in [1.54, 1.807) is 35.7 Å². The number of rotatable bonds is 14. The van der Waals surface area contributed by atoms with Crippen molar-refractivity contribution in [1.82, 2.24) is 15.5 Å². The van der Waals surface area contributed by atoms with Gasteiger partial charge in [-0.1, -0.05) is 21.6 Å². The number of nitrogens with one attached hydrogen (secondary N) is 2. The summed E-state index contributed by atoms with van der Waals surface area (Å²) in [4.78, 5) is 36.4. The number of likely N-dealkylation sites (N-methyl/N-ethyl adjacent to an activating group) is 1. The van der Waals surface area contributed by atoms with Crippen molar-refractivity contribution in [3.05, 3.63) is 0 Å². The van der Waals surface area contributed by atoms with Crippen molar-refractivity contribution in [2.75, 3.05) is 58.4 Å². The fourth-order valence-electron chi connectivity index (χ4n) is 1.55. The second-order valence-corrected chi connectivity index (χ2v) is 7.58. The zero-order valence-electron chi connectivity index (χ0n) is 14.3. The van der Waals surface area contributed by atoms with Crippen molar-refractivity contribution < 1.29 is 19.1 Å². The monoisotopic (exact) mass is 380 g/mol. The Morgan fingerprint density at radius 1 is 1.04 bits per heavy atom. The van der Waals surface area contributed by atoms with Crippen LogP contribution >= 0.6 is 21.6 Å². The molecule has 0 radical (unpaired) electrons. The maximum atomic E-state index is 11.9. The zero-order valence-corrected chi connectivity index (χ0v) is 16.0. The molecule has 3 amide bonds. The summed E-state index contributed by atoms with van der Waals surface area (Å²) in [6.45, 7) is 2.00. The van der Waals surface area contributed by atoms with E-state index in [9.17, 15) is 14.4 Å². The molecule has 0 unspecified atom stereocenters. The summed E-state index contributed by atoms with van der Waals surface area (Å²) in [5.41, 5.74) is 5.37. The summed E-state index contributed by atoms with van der Waals surface area (Å²) in [7, 11) is 6.42. The van der Waals surface area contributed by atoms with Crippen LogP contribution in [0.15, 0.2) is 0 Å². The van der Waals surface area contributed by atoms with Crippen LogP contribution in [-0.2, 0) is 19.1 Å². The Balaban J connectivity index is 3.74. The van der Waals surface area contributed by atoms with E-state index in [-0.39, 0.29) is 37.1 Å². The van der Waals surface area contributed by atoms with Gasteiger partial charge in [0, 0.05) is 58.1 Å². The van der Waals surface area contributed by atoms with Gasteiger partial charge in [-0.05, 0) is 0 Å². The predicted molar refractivity (Wildman–Crippen MR) is 98.7 cm³/mol. The molecule has 0 rings (SSSR count). The molecule has 0 saturated heterocycles. The summed E-state index contributed by atoms with van der Waals surface area (Å²) in [5.74, 6) is 1.04. The maximum Gasteiger partial charge on any atom is 0.239 e. The van der Waals surface area contributed by atoms with Crippen molar-refractivity contribution >= 4 is 39.3 Å². The quantitative estimate of drug-likeness (QED) is 0.273. The van der Waals surface area contributed by atoms with Gasteiger partial charge < -0.3 is 26.0 Å². The third kappa shape index (κ3) is 13.5. The fraction of sp³-hybridized carbons (Fsp3) is 0.786. The van der Waals surface area contributed by atoms with Crippen molar-refractivity contribution in [3.63, 3.8) is 0 Å². The molecule has 24 heavy (non-hydrogen) atoms. The number of amides is 3. The lowest BCUT2D eigenvalue weighted by Crippen LogP contribution is -2.39. The highest BCUT2D eigenvalue weighted by Crippen LogP contribution is 2.18. The molecule has 0 aliphatic carbocycles. The molecular weight excluding hydrogens is 352 g/mol. The first-order chi connectivity index (χ1) is 11.5. The number of carbonyl (C=O) groups is 3. The molecule has 0 atom stereocenters. The average molecular weight is 381 g/mol. The first-order valence-electron chi connectivity index (χ1n) is 7.72. The normalized spacial score (nSPS) is 10.3. The lowest BCUT2D eigenvalue weighted by Gasteiger charge is -2.16. The molecule has 0 aromatic heterocycles. The van der Waals surface area contributed by atoms with Crippen molar-refractivity contribution in [3.8, 4) is 0 Å². The van der Waals surface area contributed by atoms with E-state index in [4.69, 9.17) is 10.5 Å². The molecule has 0 aliphatic rings. The molecule has 0 aromatic carbocycles. The van der Waals surface area contributed by atoms with E-state index in [1.165, 1.54) is 4.90 Å². The smallest absolute Gasteiger partial charge is 0.239 e. The van der Waals surface area contributed by atoms with Gasteiger partial charge in [-0.3, -0.25) is 14.4 Å². The number of nitrogens with two attached hydrogens (primary N) is 1. The third-order valence-electron chi connectivity index (χ3n) is 2.79. The standard InChI is InChI=1S/C14H28N4O4S2/c1-18(11-13(20)16-6-8-22-2)14(21)4-3-12(19)17-7-10-24-23-9-5-15/h3-11,15H2,1-2H3,(H,16,20)(H,17,19). The SMILES string of the molecule is COCCNC(=O)CN(C)C(=O)CCC(=O)NCCSSCCN. The average Bonchev–Trinajstić information content (AvgIpc) is 2.55. The van der Waals surface area contributed by atoms with Gasteiger partial charge in [0.1, 0.15) is 0 Å². The van der Waals surface area contributed by atoms with Gasteiger partial charge in [-0.25, -0.2) is 0 Å². The second-order valence-electron chi connectivity index (χ2n) is 4.88. The van der Waals surface area contributed by atoms with Crippen LogP contribution in [-0.4, -0.2) is 81.1 Å². The fourth-order valence-corrected chi connectivity index (χ4v) is 3.31. The first kappa shape index (κ1) is 23.0. The Labute approximate surface area is 151 Å². The van der Waals surface area contributed by atoms with Gasteiger partial charge in [0.2, 0.25) is 17.7 Å². The third-order valence-corrected chi connectivity index (χ3v) is 5.23. The van der Waals surface area contributed by atoms with E-state index < -0.39 is 0 Å². The topological polar surface area (TPSA) is 114 Å². The van der Waals surface area contributed by atoms with Crippen LogP contribution in [0.4, 0.5) is 0 Å². The summed E-state index contributed by atoms with van der Waals surface area (Å²) >= 11 is 0. The number of hydrogen-bond donors (Lipinski definition) is 3. The molecule has 0 heterocycles. The molecule has 4 N–H and O–H groups in total. The molecule has 8 nitrogen and oxygen atoms in total. The molecule has 0 spiro atoms. The van der Waals surface area contributed by atoms with Crippen LogP contribution in [0.1, 0.15) is 12.8 Å². The van der Waals surface area contributed by atoms with Gasteiger partial charge in [0.15, 0.2) is 0 Å². The van der Waals surface area contributed by atoms with Gasteiger partial charge in [-0.15, -0.1) is 0 Å². The summed E-state index contributed by atoms with van der Waals surface area (Å²) < 4.78 is 4.82. The van der Waals surface area contributed by atoms with Crippen molar-refractivity contribution in [1.29, 1.82) is 0 Å². The van der Waals surface area contributed by atoms with Crippen LogP contribution in [0, 0.1) is 0 Å². The zero-order chi connectivity index (χ0) is 18.2. The summed E-state index contributed by atoms with van der Waals surface area (Å²) in [6.07, 6.45) is 0.206. The minimum Gasteiger partial charge on any atom is -0.383 e. The highest BCUT2D eigenvalue weighted by Gasteiger charge is 2.14. The summed E-state index contributed by atoms with van der Waals surface area (Å²) in [5, 5.41) is 5.39. The molecule has 140 valence electrons. The Hall–Kier alpha value is -0.970. The lowest BCUT2D eigenvalue weighted by molar-refractivity contribution is -0.136. The maximum absolute atomic E-state index is 11.9. The van der Waals surface area contributed by atoms with Crippen molar-refractivity contribution in [2.45, 2.75) is 12.8 Å². The molecule has 0 aliphatic heterocycles. The molecule has 0 bridgehead atoms. The number of methoxy groups -OCH3 is 1. The number of ether oxygens (including phenoxy) is 1. The first-order valence-corrected chi connectivity index (χ1v) is 10.2. The number of carbonyl (C=O) groups excluding carboxylic acids is 3. The molecule has 0 aromatic rings. The Kier molecular flexibility index (Phi) is 14.9. The second kappa shape index (κ2) is 15.6.